The molecular weight excluding hydrogens is 236 g/mol. The lowest BCUT2D eigenvalue weighted by atomic mass is 9.97. The van der Waals surface area contributed by atoms with Gasteiger partial charge in [-0.05, 0) is 6.92 Å². The molecule has 2 atom stereocenters. The normalized spacial score (nSPS) is 30.7. The van der Waals surface area contributed by atoms with Crippen LogP contribution >= 0.6 is 22.9 Å². The first-order valence-electron chi connectivity index (χ1n) is 4.79. The molecule has 1 aliphatic heterocycles. The van der Waals surface area contributed by atoms with Crippen molar-refractivity contribution >= 4 is 28.1 Å². The Morgan fingerprint density at radius 1 is 1.87 bits per heavy atom. The average molecular weight is 249 g/mol. The van der Waals surface area contributed by atoms with Gasteiger partial charge in [-0.1, -0.05) is 11.6 Å². The zero-order valence-electron chi connectivity index (χ0n) is 8.36. The van der Waals surface area contributed by atoms with Crippen molar-refractivity contribution in [2.45, 2.75) is 25.0 Å². The number of hydrogen-bond donors (Lipinski definition) is 2. The van der Waals surface area contributed by atoms with Gasteiger partial charge in [0.25, 0.3) is 0 Å². The smallest absolute Gasteiger partial charge is 0.184 e. The lowest BCUT2D eigenvalue weighted by Gasteiger charge is -2.25. The number of aromatic nitrogens is 1. The molecule has 0 saturated carbocycles. The van der Waals surface area contributed by atoms with Gasteiger partial charge in [-0.3, -0.25) is 0 Å². The second-order valence-corrected chi connectivity index (χ2v) is 4.94. The Kier molecular flexibility index (Phi) is 3.16. The van der Waals surface area contributed by atoms with Crippen LogP contribution in [0.2, 0.25) is 5.15 Å². The Labute approximate surface area is 97.2 Å². The van der Waals surface area contributed by atoms with Crippen LogP contribution in [0.15, 0.2) is 5.38 Å². The van der Waals surface area contributed by atoms with Gasteiger partial charge < -0.3 is 15.2 Å². The fourth-order valence-corrected chi connectivity index (χ4v) is 2.40. The fraction of sp³-hybridized carbons (Fsp3) is 0.667. The minimum Gasteiger partial charge on any atom is -0.385 e. The number of nitrogens with one attached hydrogen (secondary N) is 1. The topological polar surface area (TPSA) is 54.4 Å². The highest BCUT2D eigenvalue weighted by atomic mass is 35.5. The van der Waals surface area contributed by atoms with Gasteiger partial charge >= 0.3 is 0 Å². The van der Waals surface area contributed by atoms with E-state index in [-0.39, 0.29) is 6.10 Å². The number of ether oxygens (including phenoxy) is 1. The molecule has 2 rings (SSSR count). The maximum absolute atomic E-state index is 10.2. The molecule has 0 aliphatic carbocycles. The molecule has 2 unspecified atom stereocenters. The van der Waals surface area contributed by atoms with Gasteiger partial charge in [0.1, 0.15) is 10.8 Å². The summed E-state index contributed by atoms with van der Waals surface area (Å²) in [6.45, 7) is 2.93. The second kappa shape index (κ2) is 4.25. The molecule has 2 heterocycles. The SMILES string of the molecule is CC1OCCC1(O)CNc1nc(Cl)cs1. The van der Waals surface area contributed by atoms with Crippen molar-refractivity contribution in [2.75, 3.05) is 18.5 Å². The van der Waals surface area contributed by atoms with E-state index in [2.05, 4.69) is 10.3 Å². The predicted molar refractivity (Wildman–Crippen MR) is 60.6 cm³/mol. The molecule has 0 radical (unpaired) electrons. The maximum Gasteiger partial charge on any atom is 0.184 e. The quantitative estimate of drug-likeness (QED) is 0.856. The molecular formula is C9H13ClN2O2S. The van der Waals surface area contributed by atoms with E-state index in [0.29, 0.717) is 24.7 Å². The van der Waals surface area contributed by atoms with E-state index in [4.69, 9.17) is 16.3 Å². The number of thiazole rings is 1. The van der Waals surface area contributed by atoms with Gasteiger partial charge in [-0.2, -0.15) is 0 Å². The van der Waals surface area contributed by atoms with E-state index in [1.807, 2.05) is 6.92 Å². The van der Waals surface area contributed by atoms with Crippen molar-refractivity contribution in [3.05, 3.63) is 10.5 Å². The van der Waals surface area contributed by atoms with E-state index < -0.39 is 5.60 Å². The molecule has 15 heavy (non-hydrogen) atoms. The van der Waals surface area contributed by atoms with Gasteiger partial charge in [0.05, 0.1) is 6.10 Å². The minimum absolute atomic E-state index is 0.138. The van der Waals surface area contributed by atoms with Crippen LogP contribution in [0.3, 0.4) is 0 Å². The summed E-state index contributed by atoms with van der Waals surface area (Å²) in [5, 5.41) is 16.2. The molecule has 6 heteroatoms. The van der Waals surface area contributed by atoms with Crippen molar-refractivity contribution in [2.24, 2.45) is 0 Å². The molecule has 0 aromatic carbocycles. The van der Waals surface area contributed by atoms with E-state index >= 15 is 0 Å². The first-order chi connectivity index (χ1) is 7.10. The summed E-state index contributed by atoms with van der Waals surface area (Å²) in [5.41, 5.74) is -0.794. The third-order valence-corrected chi connectivity index (χ3v) is 3.80. The molecule has 1 fully saturated rings. The van der Waals surface area contributed by atoms with Crippen LogP contribution in [0.25, 0.3) is 0 Å². The Hall–Kier alpha value is -0.360. The Morgan fingerprint density at radius 2 is 2.67 bits per heavy atom. The van der Waals surface area contributed by atoms with E-state index in [9.17, 15) is 5.11 Å². The van der Waals surface area contributed by atoms with Crippen molar-refractivity contribution in [3.8, 4) is 0 Å². The van der Waals surface area contributed by atoms with E-state index in [0.717, 1.165) is 5.13 Å². The minimum atomic E-state index is -0.794. The van der Waals surface area contributed by atoms with Crippen molar-refractivity contribution < 1.29 is 9.84 Å². The maximum atomic E-state index is 10.2. The van der Waals surface area contributed by atoms with Crippen molar-refractivity contribution in [3.63, 3.8) is 0 Å². The largest absolute Gasteiger partial charge is 0.385 e. The van der Waals surface area contributed by atoms with Gasteiger partial charge in [0, 0.05) is 25.0 Å². The summed E-state index contributed by atoms with van der Waals surface area (Å²) in [6.07, 6.45) is 0.515. The van der Waals surface area contributed by atoms with Crippen LogP contribution in [0.1, 0.15) is 13.3 Å². The Bertz CT molecular complexity index is 347. The molecule has 0 spiro atoms. The van der Waals surface area contributed by atoms with Crippen molar-refractivity contribution in [1.29, 1.82) is 0 Å². The van der Waals surface area contributed by atoms with Crippen LogP contribution in [0.4, 0.5) is 5.13 Å². The number of aliphatic hydroxyl groups is 1. The Balaban J connectivity index is 1.92. The third kappa shape index (κ3) is 2.42. The Morgan fingerprint density at radius 3 is 3.20 bits per heavy atom. The summed E-state index contributed by atoms with van der Waals surface area (Å²) in [4.78, 5) is 4.05. The molecule has 4 nitrogen and oxygen atoms in total. The summed E-state index contributed by atoms with van der Waals surface area (Å²) < 4.78 is 5.33. The zero-order chi connectivity index (χ0) is 10.9. The zero-order valence-corrected chi connectivity index (χ0v) is 9.94. The molecule has 84 valence electrons. The molecule has 1 aromatic heterocycles. The second-order valence-electron chi connectivity index (χ2n) is 3.70. The van der Waals surface area contributed by atoms with E-state index in [1.54, 1.807) is 5.38 Å². The highest BCUT2D eigenvalue weighted by Gasteiger charge is 2.39. The van der Waals surface area contributed by atoms with Gasteiger partial charge in [-0.15, -0.1) is 11.3 Å². The number of hydrogen-bond acceptors (Lipinski definition) is 5. The number of anilines is 1. The van der Waals surface area contributed by atoms with Gasteiger partial charge in [-0.25, -0.2) is 4.98 Å². The van der Waals surface area contributed by atoms with Crippen LogP contribution in [-0.2, 0) is 4.74 Å². The standard InChI is InChI=1S/C9H13ClN2O2S/c1-6-9(13,2-3-14-6)5-11-8-12-7(10)4-15-8/h4,6,13H,2-3,5H2,1H3,(H,11,12). The number of halogens is 1. The van der Waals surface area contributed by atoms with E-state index in [1.165, 1.54) is 11.3 Å². The summed E-state index contributed by atoms with van der Waals surface area (Å²) in [7, 11) is 0. The molecule has 1 aromatic rings. The number of nitrogens with zero attached hydrogens (tertiary/aromatic N) is 1. The van der Waals surface area contributed by atoms with Gasteiger partial charge in [0.2, 0.25) is 0 Å². The fourth-order valence-electron chi connectivity index (χ4n) is 1.57. The first kappa shape index (κ1) is 11.1. The lowest BCUT2D eigenvalue weighted by Crippen LogP contribution is -2.42. The lowest BCUT2D eigenvalue weighted by molar-refractivity contribution is -0.0175. The highest BCUT2D eigenvalue weighted by molar-refractivity contribution is 7.14. The highest BCUT2D eigenvalue weighted by Crippen LogP contribution is 2.27. The van der Waals surface area contributed by atoms with Crippen LogP contribution in [0.5, 0.6) is 0 Å². The van der Waals surface area contributed by atoms with Crippen LogP contribution < -0.4 is 5.32 Å². The molecule has 0 amide bonds. The van der Waals surface area contributed by atoms with Crippen molar-refractivity contribution in [1.82, 2.24) is 4.98 Å². The monoisotopic (exact) mass is 248 g/mol. The van der Waals surface area contributed by atoms with Crippen LogP contribution in [0, 0.1) is 0 Å². The molecule has 2 N–H and O–H groups in total. The summed E-state index contributed by atoms with van der Waals surface area (Å²) >= 11 is 7.12. The van der Waals surface area contributed by atoms with Crippen LogP contribution in [-0.4, -0.2) is 34.9 Å². The average Bonchev–Trinajstić information content (AvgIpc) is 2.73. The summed E-state index contributed by atoms with van der Waals surface area (Å²) in [5.74, 6) is 0. The molecule has 1 saturated heterocycles. The predicted octanol–water partition coefficient (Wildman–Crippen LogP) is 1.75. The third-order valence-electron chi connectivity index (χ3n) is 2.68. The number of rotatable bonds is 3. The first-order valence-corrected chi connectivity index (χ1v) is 6.05. The summed E-state index contributed by atoms with van der Waals surface area (Å²) in [6, 6.07) is 0. The molecule has 0 bridgehead atoms. The van der Waals surface area contributed by atoms with Gasteiger partial charge in [0.15, 0.2) is 5.13 Å². The molecule has 1 aliphatic rings.